The molecule has 0 saturated carbocycles. The smallest absolute Gasteiger partial charge is 0.241 e. The topological polar surface area (TPSA) is 50.6 Å². The van der Waals surface area contributed by atoms with Gasteiger partial charge in [0.05, 0.1) is 18.2 Å². The van der Waals surface area contributed by atoms with Crippen LogP contribution in [-0.2, 0) is 11.3 Å². The summed E-state index contributed by atoms with van der Waals surface area (Å²) in [5.74, 6) is 0.169. The minimum atomic E-state index is 0.169. The standard InChI is InChI=1S/C24H30N4O/c1-3-28(23-8-5-4-7-20(23)2)24(29)19-27-14-6-13-26(15-16-27)18-22-11-9-21(17-25)10-12-22/h4-5,7-12H,3,6,13-16,18-19H2,1-2H3. The summed E-state index contributed by atoms with van der Waals surface area (Å²) in [4.78, 5) is 19.6. The fraction of sp³-hybridized carbons (Fsp3) is 0.417. The number of aryl methyl sites for hydroxylation is 1. The summed E-state index contributed by atoms with van der Waals surface area (Å²) < 4.78 is 0. The van der Waals surface area contributed by atoms with Gasteiger partial charge in [0.15, 0.2) is 0 Å². The molecule has 1 saturated heterocycles. The Morgan fingerprint density at radius 2 is 1.72 bits per heavy atom. The molecule has 0 N–H and O–H groups in total. The predicted octanol–water partition coefficient (Wildman–Crippen LogP) is 3.43. The van der Waals surface area contributed by atoms with E-state index in [1.807, 2.05) is 54.3 Å². The molecular formula is C24H30N4O. The molecule has 2 aromatic carbocycles. The van der Waals surface area contributed by atoms with Gasteiger partial charge in [0.1, 0.15) is 0 Å². The van der Waals surface area contributed by atoms with Crippen molar-refractivity contribution in [3.05, 3.63) is 65.2 Å². The van der Waals surface area contributed by atoms with E-state index in [1.165, 1.54) is 5.56 Å². The molecule has 0 atom stereocenters. The normalized spacial score (nSPS) is 15.5. The minimum absolute atomic E-state index is 0.169. The summed E-state index contributed by atoms with van der Waals surface area (Å²) in [5.41, 5.74) is 4.07. The highest BCUT2D eigenvalue weighted by atomic mass is 16.2. The number of nitrogens with zero attached hydrogens (tertiary/aromatic N) is 4. The van der Waals surface area contributed by atoms with Crippen LogP contribution in [0.3, 0.4) is 0 Å². The molecule has 0 bridgehead atoms. The third-order valence-corrected chi connectivity index (χ3v) is 5.55. The number of para-hydroxylation sites is 1. The maximum Gasteiger partial charge on any atom is 0.241 e. The zero-order valence-electron chi connectivity index (χ0n) is 17.5. The van der Waals surface area contributed by atoms with Crippen LogP contribution in [0.15, 0.2) is 48.5 Å². The van der Waals surface area contributed by atoms with Crippen LogP contribution in [0.4, 0.5) is 5.69 Å². The number of carbonyl (C=O) groups is 1. The second kappa shape index (κ2) is 10.2. The second-order valence-corrected chi connectivity index (χ2v) is 7.64. The van der Waals surface area contributed by atoms with Crippen molar-refractivity contribution in [2.45, 2.75) is 26.8 Å². The van der Waals surface area contributed by atoms with Crippen molar-refractivity contribution in [3.63, 3.8) is 0 Å². The van der Waals surface area contributed by atoms with Crippen molar-refractivity contribution in [1.29, 1.82) is 5.26 Å². The second-order valence-electron chi connectivity index (χ2n) is 7.64. The summed E-state index contributed by atoms with van der Waals surface area (Å²) in [6.07, 6.45) is 1.06. The summed E-state index contributed by atoms with van der Waals surface area (Å²) in [5, 5.41) is 8.94. The number of likely N-dealkylation sites (N-methyl/N-ethyl adjacent to an activating group) is 1. The molecule has 5 heteroatoms. The first-order chi connectivity index (χ1) is 14.1. The first-order valence-electron chi connectivity index (χ1n) is 10.4. The summed E-state index contributed by atoms with van der Waals surface area (Å²) >= 11 is 0. The van der Waals surface area contributed by atoms with Gasteiger partial charge in [-0.1, -0.05) is 30.3 Å². The van der Waals surface area contributed by atoms with E-state index in [2.05, 4.69) is 28.9 Å². The fourth-order valence-corrected chi connectivity index (χ4v) is 3.91. The number of benzene rings is 2. The van der Waals surface area contributed by atoms with Gasteiger partial charge < -0.3 is 4.90 Å². The Morgan fingerprint density at radius 1 is 1.03 bits per heavy atom. The Labute approximate surface area is 174 Å². The Kier molecular flexibility index (Phi) is 7.40. The lowest BCUT2D eigenvalue weighted by Crippen LogP contribution is -2.42. The first kappa shape index (κ1) is 21.0. The SMILES string of the molecule is CCN(C(=O)CN1CCCN(Cc2ccc(C#N)cc2)CC1)c1ccccc1C. The molecule has 0 aromatic heterocycles. The van der Waals surface area contributed by atoms with E-state index in [0.29, 0.717) is 18.7 Å². The van der Waals surface area contributed by atoms with Crippen molar-refractivity contribution in [2.75, 3.05) is 44.2 Å². The summed E-state index contributed by atoms with van der Waals surface area (Å²) in [6, 6.07) is 18.1. The molecule has 0 aliphatic carbocycles. The molecule has 0 unspecified atom stereocenters. The van der Waals surface area contributed by atoms with E-state index < -0.39 is 0 Å². The van der Waals surface area contributed by atoms with E-state index in [1.54, 1.807) is 0 Å². The minimum Gasteiger partial charge on any atom is -0.311 e. The molecule has 3 rings (SSSR count). The van der Waals surface area contributed by atoms with E-state index in [4.69, 9.17) is 5.26 Å². The molecular weight excluding hydrogens is 360 g/mol. The van der Waals surface area contributed by atoms with Gasteiger partial charge in [0.25, 0.3) is 0 Å². The highest BCUT2D eigenvalue weighted by Gasteiger charge is 2.21. The van der Waals surface area contributed by atoms with Crippen LogP contribution in [0.5, 0.6) is 0 Å². The average Bonchev–Trinajstić information content (AvgIpc) is 2.95. The van der Waals surface area contributed by atoms with E-state index in [9.17, 15) is 4.79 Å². The first-order valence-corrected chi connectivity index (χ1v) is 10.4. The third kappa shape index (κ3) is 5.66. The molecule has 0 radical (unpaired) electrons. The van der Waals surface area contributed by atoms with Gasteiger partial charge in [-0.2, -0.15) is 5.26 Å². The van der Waals surface area contributed by atoms with Gasteiger partial charge in [-0.05, 0) is 62.7 Å². The monoisotopic (exact) mass is 390 g/mol. The molecule has 1 fully saturated rings. The Bertz CT molecular complexity index is 856. The number of hydrogen-bond donors (Lipinski definition) is 0. The van der Waals surface area contributed by atoms with Gasteiger partial charge >= 0.3 is 0 Å². The highest BCUT2D eigenvalue weighted by Crippen LogP contribution is 2.20. The molecule has 1 amide bonds. The van der Waals surface area contributed by atoms with Gasteiger partial charge in [-0.15, -0.1) is 0 Å². The van der Waals surface area contributed by atoms with Gasteiger partial charge in [0.2, 0.25) is 5.91 Å². The molecule has 1 aliphatic heterocycles. The van der Waals surface area contributed by atoms with Crippen LogP contribution in [0.1, 0.15) is 30.0 Å². The van der Waals surface area contributed by atoms with Crippen LogP contribution in [0.25, 0.3) is 0 Å². The Hall–Kier alpha value is -2.68. The maximum atomic E-state index is 13.0. The molecule has 152 valence electrons. The Balaban J connectivity index is 1.55. The van der Waals surface area contributed by atoms with E-state index >= 15 is 0 Å². The van der Waals surface area contributed by atoms with Crippen molar-refractivity contribution < 1.29 is 4.79 Å². The largest absolute Gasteiger partial charge is 0.311 e. The van der Waals surface area contributed by atoms with Crippen LogP contribution in [-0.4, -0.2) is 55.0 Å². The zero-order chi connectivity index (χ0) is 20.6. The van der Waals surface area contributed by atoms with Crippen LogP contribution in [0.2, 0.25) is 0 Å². The molecule has 1 heterocycles. The summed E-state index contributed by atoms with van der Waals surface area (Å²) in [6.45, 7) is 9.94. The highest BCUT2D eigenvalue weighted by molar-refractivity contribution is 5.95. The van der Waals surface area contributed by atoms with Gasteiger partial charge in [-0.3, -0.25) is 14.6 Å². The zero-order valence-corrected chi connectivity index (χ0v) is 17.5. The molecule has 2 aromatic rings. The number of carbonyl (C=O) groups excluding carboxylic acids is 1. The number of amides is 1. The van der Waals surface area contributed by atoms with Gasteiger partial charge in [-0.25, -0.2) is 0 Å². The maximum absolute atomic E-state index is 13.0. The predicted molar refractivity (Wildman–Crippen MR) is 117 cm³/mol. The van der Waals surface area contributed by atoms with E-state index in [-0.39, 0.29) is 5.91 Å². The molecule has 1 aliphatic rings. The number of hydrogen-bond acceptors (Lipinski definition) is 4. The lowest BCUT2D eigenvalue weighted by atomic mass is 10.1. The molecule has 5 nitrogen and oxygen atoms in total. The van der Waals surface area contributed by atoms with Crippen molar-refractivity contribution in [3.8, 4) is 6.07 Å². The van der Waals surface area contributed by atoms with Crippen molar-refractivity contribution in [1.82, 2.24) is 9.80 Å². The fourth-order valence-electron chi connectivity index (χ4n) is 3.91. The number of anilines is 1. The average molecular weight is 391 g/mol. The molecule has 29 heavy (non-hydrogen) atoms. The number of nitriles is 1. The van der Waals surface area contributed by atoms with Crippen LogP contribution >= 0.6 is 0 Å². The summed E-state index contributed by atoms with van der Waals surface area (Å²) in [7, 11) is 0. The lowest BCUT2D eigenvalue weighted by molar-refractivity contribution is -0.119. The third-order valence-electron chi connectivity index (χ3n) is 5.55. The van der Waals surface area contributed by atoms with Crippen molar-refractivity contribution >= 4 is 11.6 Å². The lowest BCUT2D eigenvalue weighted by Gasteiger charge is -2.27. The van der Waals surface area contributed by atoms with Crippen molar-refractivity contribution in [2.24, 2.45) is 0 Å². The van der Waals surface area contributed by atoms with Gasteiger partial charge in [0, 0.05) is 31.9 Å². The van der Waals surface area contributed by atoms with Crippen LogP contribution in [0, 0.1) is 18.3 Å². The van der Waals surface area contributed by atoms with E-state index in [0.717, 1.165) is 50.4 Å². The molecule has 0 spiro atoms. The Morgan fingerprint density at radius 3 is 2.41 bits per heavy atom. The quantitative estimate of drug-likeness (QED) is 0.758. The number of rotatable bonds is 6. The van der Waals surface area contributed by atoms with Crippen LogP contribution < -0.4 is 4.90 Å².